The number of nitrogens with zero attached hydrogens (tertiary/aromatic N) is 1. The average molecular weight is 553 g/mol. The molecule has 2 N–H and O–H groups in total. The lowest BCUT2D eigenvalue weighted by molar-refractivity contribution is -0.0191. The first-order chi connectivity index (χ1) is 17.9. The van der Waals surface area contributed by atoms with E-state index in [1.54, 1.807) is 31.0 Å². The van der Waals surface area contributed by atoms with E-state index in [-0.39, 0.29) is 25.2 Å². The van der Waals surface area contributed by atoms with Gasteiger partial charge in [-0.1, -0.05) is 43.3 Å². The highest BCUT2D eigenvalue weighted by Gasteiger charge is 2.44. The first-order valence-electron chi connectivity index (χ1n) is 12.4. The van der Waals surface area contributed by atoms with Crippen molar-refractivity contribution in [3.8, 4) is 5.88 Å². The summed E-state index contributed by atoms with van der Waals surface area (Å²) in [5.74, 6) is -0.126. The van der Waals surface area contributed by atoms with Gasteiger partial charge >= 0.3 is 0 Å². The van der Waals surface area contributed by atoms with Crippen LogP contribution in [0.15, 0.2) is 77.7 Å². The Balaban J connectivity index is 0.00000336. The predicted molar refractivity (Wildman–Crippen MR) is 156 cm³/mol. The Labute approximate surface area is 233 Å². The predicted octanol–water partition coefficient (Wildman–Crippen LogP) is 7.25. The van der Waals surface area contributed by atoms with Gasteiger partial charge in [-0.05, 0) is 91.7 Å². The van der Waals surface area contributed by atoms with E-state index in [9.17, 15) is 9.50 Å². The first-order valence-corrected chi connectivity index (χ1v) is 14.0. The maximum atomic E-state index is 13.4. The van der Waals surface area contributed by atoms with Crippen LogP contribution >= 0.6 is 23.4 Å². The second kappa shape index (κ2) is 12.0. The van der Waals surface area contributed by atoms with Gasteiger partial charge in [0.05, 0.1) is 18.2 Å². The normalized spacial score (nSPS) is 20.1. The number of thioether (sulfide) groups is 1. The monoisotopic (exact) mass is 552 g/mol. The number of benzene rings is 3. The third-order valence-corrected chi connectivity index (χ3v) is 8.22. The molecule has 200 valence electrons. The van der Waals surface area contributed by atoms with E-state index in [0.29, 0.717) is 36.7 Å². The van der Waals surface area contributed by atoms with E-state index in [0.717, 1.165) is 32.5 Å². The van der Waals surface area contributed by atoms with Crippen LogP contribution in [0.2, 0.25) is 5.02 Å². The third-order valence-electron chi connectivity index (χ3n) is 7.25. The van der Waals surface area contributed by atoms with E-state index < -0.39 is 5.60 Å². The highest BCUT2D eigenvalue weighted by molar-refractivity contribution is 7.98. The molecule has 4 aromatic rings. The molecule has 0 radical (unpaired) electrons. The van der Waals surface area contributed by atoms with Gasteiger partial charge in [0.15, 0.2) is 0 Å². The average Bonchev–Trinajstić information content (AvgIpc) is 2.90. The Bertz CT molecular complexity index is 1380. The fourth-order valence-corrected chi connectivity index (χ4v) is 6.07. The van der Waals surface area contributed by atoms with E-state index in [1.165, 1.54) is 12.1 Å². The van der Waals surface area contributed by atoms with Crippen LogP contribution in [0.1, 0.15) is 42.9 Å². The molecule has 3 unspecified atom stereocenters. The van der Waals surface area contributed by atoms with Crippen LogP contribution in [-0.2, 0) is 6.42 Å². The topological polar surface area (TPSA) is 54.4 Å². The zero-order valence-corrected chi connectivity index (χ0v) is 22.5. The second-order valence-corrected chi connectivity index (χ2v) is 11.0. The lowest BCUT2D eigenvalue weighted by Crippen LogP contribution is -2.52. The molecule has 1 fully saturated rings. The van der Waals surface area contributed by atoms with Crippen LogP contribution in [0.3, 0.4) is 0 Å². The summed E-state index contributed by atoms with van der Waals surface area (Å²) in [4.78, 5) is 5.98. The summed E-state index contributed by atoms with van der Waals surface area (Å²) >= 11 is 7.92. The largest absolute Gasteiger partial charge is 0.481 e. The van der Waals surface area contributed by atoms with Crippen molar-refractivity contribution >= 4 is 34.3 Å². The van der Waals surface area contributed by atoms with Crippen LogP contribution in [-0.4, -0.2) is 41.6 Å². The van der Waals surface area contributed by atoms with Crippen molar-refractivity contribution in [3.63, 3.8) is 0 Å². The lowest BCUT2D eigenvalue weighted by atomic mass is 9.70. The van der Waals surface area contributed by atoms with Crippen molar-refractivity contribution < 1.29 is 14.2 Å². The van der Waals surface area contributed by atoms with E-state index in [1.807, 2.05) is 30.3 Å². The zero-order valence-electron chi connectivity index (χ0n) is 20.9. The van der Waals surface area contributed by atoms with Crippen molar-refractivity contribution in [3.05, 3.63) is 100 Å². The molecule has 1 saturated heterocycles. The third kappa shape index (κ3) is 5.99. The number of aromatic nitrogens is 1. The summed E-state index contributed by atoms with van der Waals surface area (Å²) in [6.45, 7) is 0.659. The Morgan fingerprint density at radius 3 is 2.55 bits per heavy atom. The minimum atomic E-state index is -1.07. The molecule has 1 aliphatic rings. The fourth-order valence-electron chi connectivity index (χ4n) is 5.49. The van der Waals surface area contributed by atoms with Crippen molar-refractivity contribution in [1.82, 2.24) is 10.3 Å². The summed E-state index contributed by atoms with van der Waals surface area (Å²) in [5, 5.41) is 17.6. The molecule has 0 aliphatic carbocycles. The van der Waals surface area contributed by atoms with Crippen molar-refractivity contribution in [2.45, 2.75) is 49.1 Å². The number of rotatable bonds is 7. The van der Waals surface area contributed by atoms with Gasteiger partial charge in [-0.15, -0.1) is 11.8 Å². The first kappa shape index (κ1) is 28.4. The van der Waals surface area contributed by atoms with Gasteiger partial charge in [0, 0.05) is 32.8 Å². The molecular formula is C31H34ClFN2O2S. The molecule has 7 heteroatoms. The molecular weight excluding hydrogens is 519 g/mol. The highest BCUT2D eigenvalue weighted by Crippen LogP contribution is 2.45. The number of ether oxygens (including phenoxy) is 1. The fraction of sp³-hybridized carbons (Fsp3) is 0.323. The number of hydrogen-bond donors (Lipinski definition) is 2. The standard InChI is InChI=1S/C30H30ClFN2O2S.CH4/c1-36-29-26(17-21-16-25(37-2)11-12-27(21)34-29)28(20-5-7-22(31)8-6-20)30(35)13-14-33-24(18-30)15-19-3-9-23(32)10-4-19;/h3-12,16-17,24,28,33,35H,13-15,18H2,1-2H3;1H4. The maximum Gasteiger partial charge on any atom is 0.217 e. The Kier molecular flexibility index (Phi) is 8.99. The van der Waals surface area contributed by atoms with Crippen LogP contribution in [0.5, 0.6) is 5.88 Å². The number of aliphatic hydroxyl groups is 1. The SMILES string of the molecule is C.COc1nc2ccc(SC)cc2cc1C(c1ccc(Cl)cc1)C1(O)CCNC(Cc2ccc(F)cc2)C1. The van der Waals surface area contributed by atoms with Gasteiger partial charge in [-0.25, -0.2) is 9.37 Å². The highest BCUT2D eigenvalue weighted by atomic mass is 35.5. The number of nitrogens with one attached hydrogen (secondary N) is 1. The molecule has 0 saturated carbocycles. The minimum absolute atomic E-state index is 0. The van der Waals surface area contributed by atoms with Gasteiger partial charge in [0.2, 0.25) is 5.88 Å². The van der Waals surface area contributed by atoms with Gasteiger partial charge in [-0.2, -0.15) is 0 Å². The number of piperidine rings is 1. The number of methoxy groups -OCH3 is 1. The molecule has 0 spiro atoms. The zero-order chi connectivity index (χ0) is 26.0. The molecule has 5 rings (SSSR count). The number of hydrogen-bond acceptors (Lipinski definition) is 5. The molecule has 1 aliphatic heterocycles. The molecule has 3 atom stereocenters. The number of fused-ring (bicyclic) bond motifs is 1. The van der Waals surface area contributed by atoms with E-state index in [2.05, 4.69) is 29.8 Å². The molecule has 0 amide bonds. The van der Waals surface area contributed by atoms with E-state index >= 15 is 0 Å². The Morgan fingerprint density at radius 1 is 1.13 bits per heavy atom. The quantitative estimate of drug-likeness (QED) is 0.236. The molecule has 2 heterocycles. The van der Waals surface area contributed by atoms with Gasteiger partial charge in [-0.3, -0.25) is 0 Å². The van der Waals surface area contributed by atoms with Crippen LogP contribution in [0.25, 0.3) is 10.9 Å². The molecule has 4 nitrogen and oxygen atoms in total. The van der Waals surface area contributed by atoms with Gasteiger partial charge in [0.25, 0.3) is 0 Å². The molecule has 1 aromatic heterocycles. The van der Waals surface area contributed by atoms with Crippen molar-refractivity contribution in [2.24, 2.45) is 0 Å². The molecule has 38 heavy (non-hydrogen) atoms. The van der Waals surface area contributed by atoms with Crippen LogP contribution in [0.4, 0.5) is 4.39 Å². The smallest absolute Gasteiger partial charge is 0.217 e. The molecule has 3 aromatic carbocycles. The lowest BCUT2D eigenvalue weighted by Gasteiger charge is -2.43. The molecule has 0 bridgehead atoms. The summed E-state index contributed by atoms with van der Waals surface area (Å²) < 4.78 is 19.2. The van der Waals surface area contributed by atoms with Gasteiger partial charge in [0.1, 0.15) is 5.82 Å². The Hall–Kier alpha value is -2.64. The Morgan fingerprint density at radius 2 is 1.87 bits per heavy atom. The minimum Gasteiger partial charge on any atom is -0.481 e. The number of halogens is 2. The second-order valence-electron chi connectivity index (χ2n) is 9.67. The van der Waals surface area contributed by atoms with Crippen LogP contribution in [0, 0.1) is 5.82 Å². The maximum absolute atomic E-state index is 13.4. The summed E-state index contributed by atoms with van der Waals surface area (Å²) in [5.41, 5.74) is 2.61. The summed E-state index contributed by atoms with van der Waals surface area (Å²) in [6, 6.07) is 22.6. The van der Waals surface area contributed by atoms with Gasteiger partial charge < -0.3 is 15.2 Å². The van der Waals surface area contributed by atoms with Crippen molar-refractivity contribution in [2.75, 3.05) is 19.9 Å². The summed E-state index contributed by atoms with van der Waals surface area (Å²) in [6.07, 6.45) is 3.82. The summed E-state index contributed by atoms with van der Waals surface area (Å²) in [7, 11) is 1.62. The number of pyridine rings is 1. The van der Waals surface area contributed by atoms with Crippen molar-refractivity contribution in [1.29, 1.82) is 0 Å². The van der Waals surface area contributed by atoms with E-state index in [4.69, 9.17) is 21.3 Å². The van der Waals surface area contributed by atoms with Crippen LogP contribution < -0.4 is 10.1 Å².